The van der Waals surface area contributed by atoms with E-state index < -0.39 is 6.04 Å². The van der Waals surface area contributed by atoms with Gasteiger partial charge in [-0.3, -0.25) is 14.5 Å². The molecule has 2 atom stereocenters. The van der Waals surface area contributed by atoms with Crippen LogP contribution in [0.2, 0.25) is 0 Å². The number of ketones is 1. The zero-order valence-corrected chi connectivity index (χ0v) is 12.0. The first-order chi connectivity index (χ1) is 8.93. The molecule has 5 nitrogen and oxygen atoms in total. The number of carbonyl (C=O) groups is 3. The Hall–Kier alpha value is -1.23. The van der Waals surface area contributed by atoms with Gasteiger partial charge < -0.3 is 10.1 Å². The highest BCUT2D eigenvalue weighted by Crippen LogP contribution is 2.13. The fraction of sp³-hybridized carbons (Fsp3) is 0.786. The van der Waals surface area contributed by atoms with Crippen LogP contribution in [0.5, 0.6) is 0 Å². The molecule has 108 valence electrons. The average molecular weight is 268 g/mol. The van der Waals surface area contributed by atoms with Gasteiger partial charge in [0.15, 0.2) is 5.78 Å². The molecule has 2 unspecified atom stereocenters. The molecule has 0 saturated carbocycles. The van der Waals surface area contributed by atoms with Gasteiger partial charge >= 0.3 is 0 Å². The van der Waals surface area contributed by atoms with E-state index in [0.717, 1.165) is 25.7 Å². The summed E-state index contributed by atoms with van der Waals surface area (Å²) in [5.74, 6) is -0.0333. The molecule has 1 aliphatic heterocycles. The third kappa shape index (κ3) is 5.11. The van der Waals surface area contributed by atoms with Crippen molar-refractivity contribution in [3.8, 4) is 0 Å². The van der Waals surface area contributed by atoms with Crippen LogP contribution in [0.1, 0.15) is 33.6 Å². The SMILES string of the molecule is CC(=O)C(NC(=O)CN1CCCC(C=O)C1)C(C)C. The third-order valence-corrected chi connectivity index (χ3v) is 3.52. The minimum Gasteiger partial charge on any atom is -0.345 e. The van der Waals surface area contributed by atoms with Crippen LogP contribution in [-0.2, 0) is 14.4 Å². The molecular weight excluding hydrogens is 244 g/mol. The molecule has 1 rings (SSSR count). The topological polar surface area (TPSA) is 66.5 Å². The number of aldehydes is 1. The van der Waals surface area contributed by atoms with E-state index in [1.807, 2.05) is 18.7 Å². The molecule has 0 aliphatic carbocycles. The van der Waals surface area contributed by atoms with Crippen molar-refractivity contribution in [1.29, 1.82) is 0 Å². The van der Waals surface area contributed by atoms with Gasteiger partial charge in [0.1, 0.15) is 6.29 Å². The first kappa shape index (κ1) is 15.8. The summed E-state index contributed by atoms with van der Waals surface area (Å²) < 4.78 is 0. The summed E-state index contributed by atoms with van der Waals surface area (Å²) in [6, 6.07) is -0.417. The van der Waals surface area contributed by atoms with E-state index in [1.54, 1.807) is 0 Å². The van der Waals surface area contributed by atoms with E-state index in [0.29, 0.717) is 6.54 Å². The monoisotopic (exact) mass is 268 g/mol. The zero-order valence-electron chi connectivity index (χ0n) is 12.0. The van der Waals surface area contributed by atoms with Crippen LogP contribution in [-0.4, -0.2) is 48.6 Å². The molecule has 5 heteroatoms. The number of piperidine rings is 1. The third-order valence-electron chi connectivity index (χ3n) is 3.52. The summed E-state index contributed by atoms with van der Waals surface area (Å²) in [7, 11) is 0. The van der Waals surface area contributed by atoms with E-state index in [1.165, 1.54) is 6.92 Å². The Morgan fingerprint density at radius 1 is 1.42 bits per heavy atom. The molecule has 0 aromatic carbocycles. The van der Waals surface area contributed by atoms with Gasteiger partial charge in [0, 0.05) is 12.5 Å². The van der Waals surface area contributed by atoms with Crippen LogP contribution >= 0.6 is 0 Å². The first-order valence-electron chi connectivity index (χ1n) is 6.91. The Labute approximate surface area is 114 Å². The number of nitrogens with zero attached hydrogens (tertiary/aromatic N) is 1. The van der Waals surface area contributed by atoms with Crippen molar-refractivity contribution in [2.45, 2.75) is 39.7 Å². The maximum absolute atomic E-state index is 11.9. The quantitative estimate of drug-likeness (QED) is 0.717. The highest BCUT2D eigenvalue weighted by molar-refractivity contribution is 5.88. The number of likely N-dealkylation sites (tertiary alicyclic amines) is 1. The maximum atomic E-state index is 11.9. The molecule has 1 N–H and O–H groups in total. The summed E-state index contributed by atoms with van der Waals surface area (Å²) in [6.07, 6.45) is 2.82. The fourth-order valence-corrected chi connectivity index (χ4v) is 2.51. The fourth-order valence-electron chi connectivity index (χ4n) is 2.51. The molecule has 0 radical (unpaired) electrons. The number of hydrogen-bond donors (Lipinski definition) is 1. The summed E-state index contributed by atoms with van der Waals surface area (Å²) in [5.41, 5.74) is 0. The Morgan fingerprint density at radius 2 is 2.11 bits per heavy atom. The van der Waals surface area contributed by atoms with Gasteiger partial charge in [-0.1, -0.05) is 13.8 Å². The molecule has 19 heavy (non-hydrogen) atoms. The van der Waals surface area contributed by atoms with Gasteiger partial charge in [-0.05, 0) is 32.2 Å². The predicted octanol–water partition coefficient (Wildman–Crippen LogP) is 0.627. The van der Waals surface area contributed by atoms with Crippen molar-refractivity contribution in [1.82, 2.24) is 10.2 Å². The molecule has 1 aliphatic rings. The van der Waals surface area contributed by atoms with Crippen LogP contribution in [0.25, 0.3) is 0 Å². The minimum absolute atomic E-state index is 0.0206. The summed E-state index contributed by atoms with van der Waals surface area (Å²) in [6.45, 7) is 7.06. The Morgan fingerprint density at radius 3 is 2.63 bits per heavy atom. The van der Waals surface area contributed by atoms with Crippen LogP contribution < -0.4 is 5.32 Å². The van der Waals surface area contributed by atoms with Gasteiger partial charge in [-0.25, -0.2) is 0 Å². The number of amides is 1. The standard InChI is InChI=1S/C14H24N2O3/c1-10(2)14(11(3)18)15-13(19)8-16-6-4-5-12(7-16)9-17/h9-10,12,14H,4-8H2,1-3H3,(H,15,19). The van der Waals surface area contributed by atoms with Crippen molar-refractivity contribution in [3.63, 3.8) is 0 Å². The van der Waals surface area contributed by atoms with E-state index in [2.05, 4.69) is 5.32 Å². The number of carbonyl (C=O) groups excluding carboxylic acids is 3. The highest BCUT2D eigenvalue weighted by Gasteiger charge is 2.24. The summed E-state index contributed by atoms with van der Waals surface area (Å²) >= 11 is 0. The lowest BCUT2D eigenvalue weighted by Crippen LogP contribution is -2.49. The summed E-state index contributed by atoms with van der Waals surface area (Å²) in [5, 5.41) is 2.78. The molecule has 1 amide bonds. The lowest BCUT2D eigenvalue weighted by atomic mass is 9.99. The second kappa shape index (κ2) is 7.38. The lowest BCUT2D eigenvalue weighted by molar-refractivity contribution is -0.129. The molecular formula is C14H24N2O3. The van der Waals surface area contributed by atoms with Crippen LogP contribution in [0, 0.1) is 11.8 Å². The van der Waals surface area contributed by atoms with Crippen molar-refractivity contribution in [3.05, 3.63) is 0 Å². The number of nitrogens with one attached hydrogen (secondary N) is 1. The van der Waals surface area contributed by atoms with Gasteiger partial charge in [-0.2, -0.15) is 0 Å². The largest absolute Gasteiger partial charge is 0.345 e. The Kier molecular flexibility index (Phi) is 6.15. The summed E-state index contributed by atoms with van der Waals surface area (Å²) in [4.78, 5) is 36.1. The van der Waals surface area contributed by atoms with E-state index >= 15 is 0 Å². The highest BCUT2D eigenvalue weighted by atomic mass is 16.2. The van der Waals surface area contributed by atoms with Gasteiger partial charge in [0.2, 0.25) is 5.91 Å². The molecule has 0 spiro atoms. The molecule has 1 heterocycles. The molecule has 0 aromatic rings. The van der Waals surface area contributed by atoms with E-state index in [9.17, 15) is 14.4 Å². The molecule has 0 aromatic heterocycles. The van der Waals surface area contributed by atoms with E-state index in [-0.39, 0.29) is 30.1 Å². The molecule has 1 saturated heterocycles. The van der Waals surface area contributed by atoms with Crippen molar-refractivity contribution >= 4 is 18.0 Å². The second-order valence-electron chi connectivity index (χ2n) is 5.67. The maximum Gasteiger partial charge on any atom is 0.234 e. The van der Waals surface area contributed by atoms with Crippen LogP contribution in [0.3, 0.4) is 0 Å². The second-order valence-corrected chi connectivity index (χ2v) is 5.67. The average Bonchev–Trinajstić information content (AvgIpc) is 2.35. The number of hydrogen-bond acceptors (Lipinski definition) is 4. The van der Waals surface area contributed by atoms with Gasteiger partial charge in [0.25, 0.3) is 0 Å². The van der Waals surface area contributed by atoms with E-state index in [4.69, 9.17) is 0 Å². The van der Waals surface area contributed by atoms with Crippen LogP contribution in [0.15, 0.2) is 0 Å². The lowest BCUT2D eigenvalue weighted by Gasteiger charge is -2.30. The number of Topliss-reactive ketones (excluding diaryl/α,β-unsaturated/α-hetero) is 1. The molecule has 1 fully saturated rings. The van der Waals surface area contributed by atoms with Crippen LogP contribution in [0.4, 0.5) is 0 Å². The predicted molar refractivity (Wildman–Crippen MR) is 72.7 cm³/mol. The van der Waals surface area contributed by atoms with Crippen molar-refractivity contribution in [2.24, 2.45) is 11.8 Å². The van der Waals surface area contributed by atoms with Gasteiger partial charge in [0.05, 0.1) is 12.6 Å². The van der Waals surface area contributed by atoms with Gasteiger partial charge in [-0.15, -0.1) is 0 Å². The molecule has 0 bridgehead atoms. The Bertz CT molecular complexity index is 342. The minimum atomic E-state index is -0.417. The first-order valence-corrected chi connectivity index (χ1v) is 6.91. The Balaban J connectivity index is 2.45. The van der Waals surface area contributed by atoms with Crippen molar-refractivity contribution < 1.29 is 14.4 Å². The zero-order chi connectivity index (χ0) is 14.4. The normalized spacial score (nSPS) is 22.0. The smallest absolute Gasteiger partial charge is 0.234 e. The van der Waals surface area contributed by atoms with Crippen molar-refractivity contribution in [2.75, 3.05) is 19.6 Å². The number of rotatable bonds is 6.